The van der Waals surface area contributed by atoms with E-state index in [9.17, 15) is 4.79 Å². The third kappa shape index (κ3) is 5.97. The van der Waals surface area contributed by atoms with E-state index in [4.69, 9.17) is 4.74 Å². The van der Waals surface area contributed by atoms with Gasteiger partial charge in [-0.05, 0) is 86.4 Å². The predicted molar refractivity (Wildman–Crippen MR) is 180 cm³/mol. The van der Waals surface area contributed by atoms with Crippen LogP contribution in [0.2, 0.25) is 0 Å². The summed E-state index contributed by atoms with van der Waals surface area (Å²) in [4.78, 5) is 18.7. The first kappa shape index (κ1) is 29.9. The van der Waals surface area contributed by atoms with E-state index in [0.29, 0.717) is 12.5 Å². The van der Waals surface area contributed by atoms with Crippen LogP contribution in [-0.2, 0) is 11.3 Å². The Morgan fingerprint density at radius 3 is 2.53 bits per heavy atom. The summed E-state index contributed by atoms with van der Waals surface area (Å²) in [5.74, 6) is 1.45. The average Bonchev–Trinajstić information content (AvgIpc) is 3.25. The molecule has 1 aromatic heterocycles. The van der Waals surface area contributed by atoms with Crippen LogP contribution in [0.4, 0.5) is 0 Å². The summed E-state index contributed by atoms with van der Waals surface area (Å²) in [7, 11) is 5.73. The maximum absolute atomic E-state index is 14.2. The summed E-state index contributed by atoms with van der Waals surface area (Å²) >= 11 is 1.52. The van der Waals surface area contributed by atoms with Gasteiger partial charge in [0.25, 0.3) is 5.91 Å². The molecule has 1 aliphatic carbocycles. The van der Waals surface area contributed by atoms with E-state index in [-0.39, 0.29) is 5.91 Å². The minimum absolute atomic E-state index is 0.142. The molecule has 0 spiro atoms. The van der Waals surface area contributed by atoms with E-state index in [2.05, 4.69) is 70.2 Å². The monoisotopic (exact) mass is 599 g/mol. The number of ether oxygens (including phenoxy) is 1. The van der Waals surface area contributed by atoms with Gasteiger partial charge in [0.2, 0.25) is 0 Å². The Bertz CT molecular complexity index is 1540. The average molecular weight is 600 g/mol. The van der Waals surface area contributed by atoms with Gasteiger partial charge in [0, 0.05) is 66.0 Å². The highest BCUT2D eigenvalue weighted by molar-refractivity contribution is 7.95. The lowest BCUT2D eigenvalue weighted by Crippen LogP contribution is -2.49. The Labute approximate surface area is 260 Å². The number of nitrogens with zero attached hydrogens (tertiary/aromatic N) is 4. The maximum atomic E-state index is 14.2. The number of benzene rings is 2. The number of methoxy groups -OCH3 is 1. The Balaban J connectivity index is 1.51. The summed E-state index contributed by atoms with van der Waals surface area (Å²) in [6.45, 7) is 11.5. The Hall–Kier alpha value is -3.20. The molecule has 2 aromatic carbocycles. The fourth-order valence-corrected chi connectivity index (χ4v) is 7.45. The second-order valence-electron chi connectivity index (χ2n) is 12.2. The number of fused-ring (bicyclic) bond motifs is 5. The minimum Gasteiger partial charge on any atom is -0.497 e. The number of aromatic nitrogens is 1. The first-order valence-corrected chi connectivity index (χ1v) is 16.5. The Morgan fingerprint density at radius 1 is 1.07 bits per heavy atom. The number of nitrogens with one attached hydrogen (secondary N) is 1. The van der Waals surface area contributed by atoms with Crippen molar-refractivity contribution in [2.24, 2.45) is 0 Å². The largest absolute Gasteiger partial charge is 0.497 e. The standard InChI is InChI=1S/C35H45N5O2S/c1-6-38-16-18-39(19-17-38)35(41)28-20-27-21-29(42-5)13-15-30(27)34-33(25-10-8-7-9-11-25)31-14-12-26(22-32(31)40(34)23-28)24(2)36-43-37(3)4/h12-15,20-22,25,36H,2,6-11,16-19,23H2,1,3-5H3. The molecule has 228 valence electrons. The van der Waals surface area contributed by atoms with Crippen LogP contribution in [-0.4, -0.2) is 78.5 Å². The number of amides is 1. The van der Waals surface area contributed by atoms with Crippen molar-refractivity contribution in [3.63, 3.8) is 0 Å². The molecule has 2 fully saturated rings. The van der Waals surface area contributed by atoms with Gasteiger partial charge in [-0.25, -0.2) is 4.31 Å². The lowest BCUT2D eigenvalue weighted by Gasteiger charge is -2.34. The normalized spacial score (nSPS) is 17.8. The molecule has 1 saturated carbocycles. The summed E-state index contributed by atoms with van der Waals surface area (Å²) in [5, 5.41) is 1.30. The van der Waals surface area contributed by atoms with Gasteiger partial charge in [0.05, 0.1) is 19.3 Å². The van der Waals surface area contributed by atoms with Gasteiger partial charge in [-0.3, -0.25) is 4.79 Å². The molecule has 6 rings (SSSR count). The fraction of sp³-hybridized carbons (Fsp3) is 0.457. The lowest BCUT2D eigenvalue weighted by atomic mass is 9.81. The Morgan fingerprint density at radius 2 is 1.84 bits per heavy atom. The fourth-order valence-electron chi connectivity index (χ4n) is 7.03. The summed E-state index contributed by atoms with van der Waals surface area (Å²) in [6, 6.07) is 13.1. The first-order chi connectivity index (χ1) is 20.9. The molecule has 1 saturated heterocycles. The maximum Gasteiger partial charge on any atom is 0.251 e. The van der Waals surface area contributed by atoms with Gasteiger partial charge in [-0.15, -0.1) is 0 Å². The molecule has 3 heterocycles. The molecule has 0 radical (unpaired) electrons. The molecule has 0 bridgehead atoms. The van der Waals surface area contributed by atoms with Gasteiger partial charge >= 0.3 is 0 Å². The summed E-state index contributed by atoms with van der Waals surface area (Å²) in [6.07, 6.45) is 8.37. The minimum atomic E-state index is 0.142. The third-order valence-electron chi connectivity index (χ3n) is 9.37. The molecule has 0 atom stereocenters. The SMILES string of the molecule is C=C(NSN(C)C)c1ccc2c(C3CCCCC3)c3n(c2c1)CC(C(=O)N1CCN(CC)CC1)=Cc1cc(OC)ccc1-3. The van der Waals surface area contributed by atoms with E-state index < -0.39 is 0 Å². The number of carbonyl (C=O) groups excluding carboxylic acids is 1. The summed E-state index contributed by atoms with van der Waals surface area (Å²) < 4.78 is 13.5. The molecular weight excluding hydrogens is 554 g/mol. The van der Waals surface area contributed by atoms with Crippen molar-refractivity contribution < 1.29 is 9.53 Å². The molecule has 0 unspecified atom stereocenters. The number of hydrogen-bond acceptors (Lipinski definition) is 6. The second kappa shape index (κ2) is 12.8. The molecule has 7 nitrogen and oxygen atoms in total. The summed E-state index contributed by atoms with van der Waals surface area (Å²) in [5.41, 5.74) is 8.86. The van der Waals surface area contributed by atoms with E-state index in [1.165, 1.54) is 72.0 Å². The van der Waals surface area contributed by atoms with Gasteiger partial charge in [-0.1, -0.05) is 44.9 Å². The number of hydrogen-bond donors (Lipinski definition) is 1. The molecular formula is C35H45N5O2S. The van der Waals surface area contributed by atoms with Crippen molar-refractivity contribution >= 4 is 40.7 Å². The van der Waals surface area contributed by atoms with Crippen molar-refractivity contribution in [3.05, 3.63) is 65.2 Å². The molecule has 43 heavy (non-hydrogen) atoms. The number of rotatable bonds is 8. The van der Waals surface area contributed by atoms with Crippen LogP contribution in [0, 0.1) is 0 Å². The van der Waals surface area contributed by atoms with Crippen molar-refractivity contribution in [3.8, 4) is 17.0 Å². The topological polar surface area (TPSA) is 53.0 Å². The number of carbonyl (C=O) groups is 1. The molecule has 3 aliphatic rings. The zero-order valence-electron chi connectivity index (χ0n) is 26.1. The van der Waals surface area contributed by atoms with E-state index in [0.717, 1.165) is 60.9 Å². The van der Waals surface area contributed by atoms with Crippen LogP contribution in [0.1, 0.15) is 61.6 Å². The van der Waals surface area contributed by atoms with Crippen LogP contribution >= 0.6 is 12.1 Å². The Kier molecular flexibility index (Phi) is 8.89. The van der Waals surface area contributed by atoms with Gasteiger partial charge < -0.3 is 23.8 Å². The molecule has 1 N–H and O–H groups in total. The lowest BCUT2D eigenvalue weighted by molar-refractivity contribution is -0.128. The smallest absolute Gasteiger partial charge is 0.251 e. The van der Waals surface area contributed by atoms with E-state index in [1.807, 2.05) is 23.3 Å². The van der Waals surface area contributed by atoms with Crippen molar-refractivity contribution in [1.82, 2.24) is 23.4 Å². The molecule has 2 aliphatic heterocycles. The van der Waals surface area contributed by atoms with Crippen molar-refractivity contribution in [1.29, 1.82) is 0 Å². The number of likely N-dealkylation sites (N-methyl/N-ethyl adjacent to an activating group) is 1. The number of piperazine rings is 1. The zero-order valence-corrected chi connectivity index (χ0v) is 26.9. The van der Waals surface area contributed by atoms with Gasteiger partial charge in [0.15, 0.2) is 0 Å². The molecule has 3 aromatic rings. The second-order valence-corrected chi connectivity index (χ2v) is 13.4. The highest BCUT2D eigenvalue weighted by Gasteiger charge is 2.32. The third-order valence-corrected chi connectivity index (χ3v) is 10.1. The predicted octanol–water partition coefficient (Wildman–Crippen LogP) is 6.61. The molecule has 1 amide bonds. The van der Waals surface area contributed by atoms with Crippen molar-refractivity contribution in [2.75, 3.05) is 53.9 Å². The van der Waals surface area contributed by atoms with Crippen LogP contribution in [0.3, 0.4) is 0 Å². The van der Waals surface area contributed by atoms with Crippen LogP contribution in [0.15, 0.2) is 48.6 Å². The zero-order chi connectivity index (χ0) is 30.1. The van der Waals surface area contributed by atoms with Gasteiger partial charge in [-0.2, -0.15) is 0 Å². The van der Waals surface area contributed by atoms with Gasteiger partial charge in [0.1, 0.15) is 5.75 Å². The van der Waals surface area contributed by atoms with Crippen LogP contribution in [0.25, 0.3) is 33.9 Å². The highest BCUT2D eigenvalue weighted by atomic mass is 32.2. The van der Waals surface area contributed by atoms with Crippen LogP contribution < -0.4 is 9.46 Å². The quantitative estimate of drug-likeness (QED) is 0.294. The molecule has 8 heteroatoms. The van der Waals surface area contributed by atoms with E-state index in [1.54, 1.807) is 7.11 Å². The first-order valence-electron chi connectivity index (χ1n) is 15.7. The van der Waals surface area contributed by atoms with Crippen molar-refractivity contribution in [2.45, 2.75) is 51.5 Å². The highest BCUT2D eigenvalue weighted by Crippen LogP contribution is 2.47. The van der Waals surface area contributed by atoms with Crippen LogP contribution in [0.5, 0.6) is 5.75 Å². The van der Waals surface area contributed by atoms with E-state index >= 15 is 0 Å².